The van der Waals surface area contributed by atoms with E-state index < -0.39 is 0 Å². The summed E-state index contributed by atoms with van der Waals surface area (Å²) in [6, 6.07) is 10.1. The molecule has 0 amide bonds. The van der Waals surface area contributed by atoms with Crippen LogP contribution < -0.4 is 10.6 Å². The lowest BCUT2D eigenvalue weighted by molar-refractivity contribution is 0.943. The zero-order valence-electron chi connectivity index (χ0n) is 11.8. The highest BCUT2D eigenvalue weighted by Gasteiger charge is 2.03. The van der Waals surface area contributed by atoms with E-state index in [2.05, 4.69) is 49.5 Å². The van der Waals surface area contributed by atoms with Gasteiger partial charge in [-0.2, -0.15) is 4.98 Å². The molecule has 0 aliphatic rings. The molecular weight excluding hydrogens is 316 g/mol. The van der Waals surface area contributed by atoms with Gasteiger partial charge in [0.05, 0.1) is 0 Å². The van der Waals surface area contributed by atoms with Gasteiger partial charge in [-0.25, -0.2) is 4.98 Å². The van der Waals surface area contributed by atoms with E-state index in [1.165, 1.54) is 5.56 Å². The molecule has 2 N–H and O–H groups in total. The van der Waals surface area contributed by atoms with E-state index >= 15 is 0 Å². The largest absolute Gasteiger partial charge is 0.366 e. The quantitative estimate of drug-likeness (QED) is 0.838. The Morgan fingerprint density at radius 3 is 2.70 bits per heavy atom. The third-order valence-electron chi connectivity index (χ3n) is 2.81. The van der Waals surface area contributed by atoms with Gasteiger partial charge in [0.2, 0.25) is 5.95 Å². The fourth-order valence-corrected chi connectivity index (χ4v) is 2.23. The minimum Gasteiger partial charge on any atom is -0.366 e. The molecule has 0 aliphatic heterocycles. The van der Waals surface area contributed by atoms with Crippen LogP contribution in [0.3, 0.4) is 0 Å². The number of anilines is 2. The molecule has 0 unspecified atom stereocenters. The Kier molecular flexibility index (Phi) is 5.35. The predicted octanol–water partition coefficient (Wildman–Crippen LogP) is 3.98. The van der Waals surface area contributed by atoms with E-state index in [0.717, 1.165) is 35.5 Å². The zero-order valence-corrected chi connectivity index (χ0v) is 13.4. The Labute approximate surface area is 128 Å². The summed E-state index contributed by atoms with van der Waals surface area (Å²) in [5.41, 5.74) is 2.15. The van der Waals surface area contributed by atoms with Crippen LogP contribution in [0.5, 0.6) is 0 Å². The number of hydrogen-bond acceptors (Lipinski definition) is 4. The summed E-state index contributed by atoms with van der Waals surface area (Å²) in [5.74, 6) is 1.52. The van der Waals surface area contributed by atoms with E-state index in [1.54, 1.807) is 0 Å². The number of nitrogens with zero attached hydrogens (tertiary/aromatic N) is 2. The first kappa shape index (κ1) is 14.8. The SMILES string of the molecule is CCCNc1nc(C)cc(NCc2ccccc2Br)n1. The van der Waals surface area contributed by atoms with Crippen LogP contribution >= 0.6 is 15.9 Å². The minimum absolute atomic E-state index is 0.682. The highest BCUT2D eigenvalue weighted by atomic mass is 79.9. The van der Waals surface area contributed by atoms with Gasteiger partial charge in [-0.15, -0.1) is 0 Å². The fourth-order valence-electron chi connectivity index (χ4n) is 1.80. The lowest BCUT2D eigenvalue weighted by Crippen LogP contribution is -2.08. The molecule has 0 fully saturated rings. The summed E-state index contributed by atoms with van der Waals surface area (Å²) in [4.78, 5) is 8.84. The zero-order chi connectivity index (χ0) is 14.4. The third-order valence-corrected chi connectivity index (χ3v) is 3.58. The maximum absolute atomic E-state index is 4.47. The summed E-state index contributed by atoms with van der Waals surface area (Å²) in [5, 5.41) is 6.55. The molecule has 5 heteroatoms. The number of nitrogens with one attached hydrogen (secondary N) is 2. The summed E-state index contributed by atoms with van der Waals surface area (Å²) < 4.78 is 1.10. The molecule has 2 aromatic rings. The van der Waals surface area contributed by atoms with Crippen LogP contribution in [0.25, 0.3) is 0 Å². The summed E-state index contributed by atoms with van der Waals surface area (Å²) in [6.07, 6.45) is 1.05. The maximum Gasteiger partial charge on any atom is 0.224 e. The third kappa shape index (κ3) is 4.20. The number of hydrogen-bond donors (Lipinski definition) is 2. The van der Waals surface area contributed by atoms with Gasteiger partial charge in [-0.3, -0.25) is 0 Å². The first-order valence-electron chi connectivity index (χ1n) is 6.76. The molecule has 1 heterocycles. The van der Waals surface area contributed by atoms with Crippen molar-refractivity contribution in [3.05, 3.63) is 46.1 Å². The van der Waals surface area contributed by atoms with Crippen molar-refractivity contribution in [2.45, 2.75) is 26.8 Å². The maximum atomic E-state index is 4.47. The van der Waals surface area contributed by atoms with Crippen LogP contribution in [-0.2, 0) is 6.54 Å². The lowest BCUT2D eigenvalue weighted by Gasteiger charge is -2.10. The Morgan fingerprint density at radius 1 is 1.15 bits per heavy atom. The van der Waals surface area contributed by atoms with Crippen molar-refractivity contribution in [2.24, 2.45) is 0 Å². The second-order valence-electron chi connectivity index (χ2n) is 4.59. The van der Waals surface area contributed by atoms with Crippen molar-refractivity contribution in [3.8, 4) is 0 Å². The average Bonchev–Trinajstić information content (AvgIpc) is 2.44. The van der Waals surface area contributed by atoms with Crippen LogP contribution in [0, 0.1) is 6.92 Å². The molecular formula is C15H19BrN4. The molecule has 4 nitrogen and oxygen atoms in total. The topological polar surface area (TPSA) is 49.8 Å². The molecule has 2 rings (SSSR count). The molecule has 20 heavy (non-hydrogen) atoms. The Bertz CT molecular complexity index is 572. The van der Waals surface area contributed by atoms with Crippen molar-refractivity contribution in [1.29, 1.82) is 0 Å². The first-order valence-corrected chi connectivity index (χ1v) is 7.55. The number of aryl methyl sites for hydroxylation is 1. The molecule has 0 radical (unpaired) electrons. The Balaban J connectivity index is 2.05. The monoisotopic (exact) mass is 334 g/mol. The first-order chi connectivity index (χ1) is 9.69. The average molecular weight is 335 g/mol. The normalized spacial score (nSPS) is 10.3. The second-order valence-corrected chi connectivity index (χ2v) is 5.44. The molecule has 0 atom stereocenters. The summed E-state index contributed by atoms with van der Waals surface area (Å²) in [6.45, 7) is 5.70. The van der Waals surface area contributed by atoms with Gasteiger partial charge in [0.15, 0.2) is 0 Å². The van der Waals surface area contributed by atoms with Crippen LogP contribution in [0.15, 0.2) is 34.8 Å². The van der Waals surface area contributed by atoms with Crippen LogP contribution in [0.4, 0.5) is 11.8 Å². The van der Waals surface area contributed by atoms with Crippen molar-refractivity contribution < 1.29 is 0 Å². The van der Waals surface area contributed by atoms with E-state index in [-0.39, 0.29) is 0 Å². The molecule has 0 spiro atoms. The second kappa shape index (κ2) is 7.24. The number of benzene rings is 1. The summed E-state index contributed by atoms with van der Waals surface area (Å²) >= 11 is 3.55. The fraction of sp³-hybridized carbons (Fsp3) is 0.333. The van der Waals surface area contributed by atoms with Gasteiger partial charge in [-0.1, -0.05) is 41.1 Å². The Hall–Kier alpha value is -1.62. The van der Waals surface area contributed by atoms with E-state index in [9.17, 15) is 0 Å². The van der Waals surface area contributed by atoms with Crippen LogP contribution in [-0.4, -0.2) is 16.5 Å². The Morgan fingerprint density at radius 2 is 1.95 bits per heavy atom. The van der Waals surface area contributed by atoms with Crippen molar-refractivity contribution in [3.63, 3.8) is 0 Å². The standard InChI is InChI=1S/C15H19BrN4/c1-3-8-17-15-19-11(2)9-14(20-15)18-10-12-6-4-5-7-13(12)16/h4-7,9H,3,8,10H2,1-2H3,(H2,17,18,19,20). The number of aromatic nitrogens is 2. The van der Waals surface area contributed by atoms with Crippen LogP contribution in [0.2, 0.25) is 0 Å². The van der Waals surface area contributed by atoms with Gasteiger partial charge in [0.1, 0.15) is 5.82 Å². The van der Waals surface area contributed by atoms with Gasteiger partial charge in [0, 0.05) is 29.3 Å². The predicted molar refractivity (Wildman–Crippen MR) is 87.0 cm³/mol. The lowest BCUT2D eigenvalue weighted by atomic mass is 10.2. The van der Waals surface area contributed by atoms with E-state index in [0.29, 0.717) is 5.95 Å². The minimum atomic E-state index is 0.682. The van der Waals surface area contributed by atoms with Gasteiger partial charge in [-0.05, 0) is 25.0 Å². The number of rotatable bonds is 6. The molecule has 1 aromatic carbocycles. The van der Waals surface area contributed by atoms with Gasteiger partial charge < -0.3 is 10.6 Å². The molecule has 106 valence electrons. The van der Waals surface area contributed by atoms with Gasteiger partial charge in [0.25, 0.3) is 0 Å². The van der Waals surface area contributed by atoms with E-state index in [4.69, 9.17) is 0 Å². The highest BCUT2D eigenvalue weighted by Crippen LogP contribution is 2.17. The molecule has 1 aromatic heterocycles. The molecule has 0 saturated heterocycles. The van der Waals surface area contributed by atoms with Crippen molar-refractivity contribution in [1.82, 2.24) is 9.97 Å². The van der Waals surface area contributed by atoms with Crippen molar-refractivity contribution >= 4 is 27.7 Å². The molecule has 0 aliphatic carbocycles. The summed E-state index contributed by atoms with van der Waals surface area (Å²) in [7, 11) is 0. The van der Waals surface area contributed by atoms with Gasteiger partial charge >= 0.3 is 0 Å². The van der Waals surface area contributed by atoms with E-state index in [1.807, 2.05) is 31.2 Å². The van der Waals surface area contributed by atoms with Crippen LogP contribution in [0.1, 0.15) is 24.6 Å². The molecule has 0 saturated carbocycles. The molecule has 0 bridgehead atoms. The highest BCUT2D eigenvalue weighted by molar-refractivity contribution is 9.10. The number of halogens is 1. The van der Waals surface area contributed by atoms with Crippen molar-refractivity contribution in [2.75, 3.05) is 17.2 Å². The smallest absolute Gasteiger partial charge is 0.224 e.